The Bertz CT molecular complexity index is 354. The Labute approximate surface area is 128 Å². The standard InChI is InChI=1S/C12H23N3O7/c1-20-6-13-9(16)4-12(19,11(18)15-8-22-3)5-10(17)14-7-21-2/h19H,4-8H2,1-3H3,(H,13,16)(H,14,17)(H,15,18). The van der Waals surface area contributed by atoms with Crippen molar-refractivity contribution < 1.29 is 33.7 Å². The minimum absolute atomic E-state index is 0.0789. The molecule has 0 aliphatic heterocycles. The maximum atomic E-state index is 12.0. The van der Waals surface area contributed by atoms with Gasteiger partial charge in [0.2, 0.25) is 11.8 Å². The lowest BCUT2D eigenvalue weighted by atomic mass is 9.93. The highest BCUT2D eigenvalue weighted by Gasteiger charge is 2.40. The molecule has 0 saturated carbocycles. The third-order valence-corrected chi connectivity index (χ3v) is 2.53. The lowest BCUT2D eigenvalue weighted by Gasteiger charge is -2.25. The van der Waals surface area contributed by atoms with Gasteiger partial charge in [-0.15, -0.1) is 0 Å². The Hall–Kier alpha value is -1.75. The Balaban J connectivity index is 4.83. The smallest absolute Gasteiger partial charge is 0.254 e. The van der Waals surface area contributed by atoms with Crippen LogP contribution in [0.1, 0.15) is 12.8 Å². The van der Waals surface area contributed by atoms with Gasteiger partial charge in [-0.3, -0.25) is 14.4 Å². The zero-order valence-electron chi connectivity index (χ0n) is 12.9. The van der Waals surface area contributed by atoms with Gasteiger partial charge in [0.25, 0.3) is 5.91 Å². The molecule has 0 fully saturated rings. The first-order valence-corrected chi connectivity index (χ1v) is 6.40. The van der Waals surface area contributed by atoms with E-state index in [4.69, 9.17) is 0 Å². The second-order valence-corrected chi connectivity index (χ2v) is 4.39. The molecule has 0 saturated heterocycles. The lowest BCUT2D eigenvalue weighted by molar-refractivity contribution is -0.151. The monoisotopic (exact) mass is 321 g/mol. The van der Waals surface area contributed by atoms with E-state index in [1.54, 1.807) is 0 Å². The fourth-order valence-electron chi connectivity index (χ4n) is 1.49. The van der Waals surface area contributed by atoms with Crippen LogP contribution in [0.3, 0.4) is 0 Å². The van der Waals surface area contributed by atoms with E-state index >= 15 is 0 Å². The van der Waals surface area contributed by atoms with Crippen molar-refractivity contribution >= 4 is 17.7 Å². The van der Waals surface area contributed by atoms with Crippen molar-refractivity contribution in [2.75, 3.05) is 41.5 Å². The summed E-state index contributed by atoms with van der Waals surface area (Å²) < 4.78 is 14.0. The summed E-state index contributed by atoms with van der Waals surface area (Å²) in [7, 11) is 4.09. The van der Waals surface area contributed by atoms with Crippen LogP contribution in [0.25, 0.3) is 0 Å². The first-order chi connectivity index (χ1) is 10.4. The number of aliphatic hydroxyl groups is 1. The number of ether oxygens (including phenoxy) is 3. The molecular weight excluding hydrogens is 298 g/mol. The van der Waals surface area contributed by atoms with Crippen LogP contribution in [-0.4, -0.2) is 70.0 Å². The number of carbonyl (C=O) groups is 3. The third-order valence-electron chi connectivity index (χ3n) is 2.53. The molecule has 0 aromatic heterocycles. The molecule has 0 radical (unpaired) electrons. The van der Waals surface area contributed by atoms with Gasteiger partial charge in [0, 0.05) is 21.3 Å². The molecule has 4 N–H and O–H groups in total. The maximum Gasteiger partial charge on any atom is 0.254 e. The van der Waals surface area contributed by atoms with Crippen molar-refractivity contribution in [2.45, 2.75) is 18.4 Å². The molecule has 0 aliphatic carbocycles. The summed E-state index contributed by atoms with van der Waals surface area (Å²) in [5, 5.41) is 17.3. The first-order valence-electron chi connectivity index (χ1n) is 6.40. The predicted molar refractivity (Wildman–Crippen MR) is 74.2 cm³/mol. The number of methoxy groups -OCH3 is 3. The van der Waals surface area contributed by atoms with Gasteiger partial charge in [0.05, 0.1) is 12.8 Å². The molecule has 0 spiro atoms. The zero-order valence-corrected chi connectivity index (χ0v) is 12.9. The summed E-state index contributed by atoms with van der Waals surface area (Å²) in [4.78, 5) is 35.3. The second kappa shape index (κ2) is 10.9. The first kappa shape index (κ1) is 20.2. The van der Waals surface area contributed by atoms with Gasteiger partial charge >= 0.3 is 0 Å². The van der Waals surface area contributed by atoms with Crippen molar-refractivity contribution in [2.24, 2.45) is 0 Å². The highest BCUT2D eigenvalue weighted by Crippen LogP contribution is 2.16. The molecule has 10 heteroatoms. The molecule has 0 unspecified atom stereocenters. The highest BCUT2D eigenvalue weighted by molar-refractivity contribution is 5.95. The summed E-state index contributed by atoms with van der Waals surface area (Å²) in [6.07, 6.45) is -1.21. The van der Waals surface area contributed by atoms with E-state index in [0.29, 0.717) is 0 Å². The van der Waals surface area contributed by atoms with Gasteiger partial charge in [0.1, 0.15) is 20.2 Å². The van der Waals surface area contributed by atoms with Crippen LogP contribution < -0.4 is 16.0 Å². The zero-order chi connectivity index (χ0) is 17.0. The Morgan fingerprint density at radius 3 is 1.55 bits per heavy atom. The molecule has 0 atom stereocenters. The van der Waals surface area contributed by atoms with E-state index in [0.717, 1.165) is 0 Å². The highest BCUT2D eigenvalue weighted by atomic mass is 16.5. The van der Waals surface area contributed by atoms with Crippen molar-refractivity contribution in [1.82, 2.24) is 16.0 Å². The molecule has 128 valence electrons. The second-order valence-electron chi connectivity index (χ2n) is 4.39. The molecule has 0 aliphatic rings. The average molecular weight is 321 g/mol. The van der Waals surface area contributed by atoms with E-state index in [2.05, 4.69) is 30.2 Å². The van der Waals surface area contributed by atoms with Crippen LogP contribution in [0, 0.1) is 0 Å². The van der Waals surface area contributed by atoms with E-state index in [1.807, 2.05) is 0 Å². The summed E-state index contributed by atoms with van der Waals surface area (Å²) >= 11 is 0. The largest absolute Gasteiger partial charge is 0.379 e. The van der Waals surface area contributed by atoms with Crippen molar-refractivity contribution in [3.8, 4) is 0 Å². The van der Waals surface area contributed by atoms with E-state index < -0.39 is 36.2 Å². The van der Waals surface area contributed by atoms with Crippen LogP contribution in [0.5, 0.6) is 0 Å². The molecule has 10 nitrogen and oxygen atoms in total. The number of hydrogen-bond acceptors (Lipinski definition) is 7. The number of rotatable bonds is 11. The van der Waals surface area contributed by atoms with E-state index in [1.165, 1.54) is 21.3 Å². The molecular formula is C12H23N3O7. The molecule has 3 amide bonds. The topological polar surface area (TPSA) is 135 Å². The predicted octanol–water partition coefficient (Wildman–Crippen LogP) is -2.34. The summed E-state index contributed by atoms with van der Waals surface area (Å²) in [5.41, 5.74) is -2.21. The molecule has 0 heterocycles. The minimum Gasteiger partial charge on any atom is -0.379 e. The maximum absolute atomic E-state index is 12.0. The van der Waals surface area contributed by atoms with Gasteiger partial charge in [-0.1, -0.05) is 0 Å². The van der Waals surface area contributed by atoms with Gasteiger partial charge in [-0.05, 0) is 0 Å². The molecule has 0 bridgehead atoms. The van der Waals surface area contributed by atoms with Gasteiger partial charge < -0.3 is 35.3 Å². The number of hydrogen-bond donors (Lipinski definition) is 4. The molecule has 0 rings (SSSR count). The Morgan fingerprint density at radius 1 is 0.818 bits per heavy atom. The van der Waals surface area contributed by atoms with Crippen LogP contribution in [0.4, 0.5) is 0 Å². The van der Waals surface area contributed by atoms with Gasteiger partial charge in [-0.2, -0.15) is 0 Å². The van der Waals surface area contributed by atoms with Gasteiger partial charge in [-0.25, -0.2) is 0 Å². The summed E-state index contributed by atoms with van der Waals surface area (Å²) in [6.45, 7) is -0.324. The average Bonchev–Trinajstić information content (AvgIpc) is 2.48. The Morgan fingerprint density at radius 2 is 1.18 bits per heavy atom. The molecule has 22 heavy (non-hydrogen) atoms. The normalized spacial score (nSPS) is 10.9. The van der Waals surface area contributed by atoms with Gasteiger partial charge in [0.15, 0.2) is 5.60 Å². The fraction of sp³-hybridized carbons (Fsp3) is 0.750. The minimum atomic E-state index is -2.21. The quantitative estimate of drug-likeness (QED) is 0.313. The van der Waals surface area contributed by atoms with E-state index in [-0.39, 0.29) is 20.2 Å². The number of nitrogens with one attached hydrogen (secondary N) is 3. The van der Waals surface area contributed by atoms with E-state index in [9.17, 15) is 19.5 Å². The Kier molecular flexibility index (Phi) is 10.0. The number of carbonyl (C=O) groups excluding carboxylic acids is 3. The third kappa shape index (κ3) is 7.88. The lowest BCUT2D eigenvalue weighted by Crippen LogP contribution is -2.52. The van der Waals surface area contributed by atoms with Crippen molar-refractivity contribution in [3.05, 3.63) is 0 Å². The fourth-order valence-corrected chi connectivity index (χ4v) is 1.49. The van der Waals surface area contributed by atoms with Crippen LogP contribution >= 0.6 is 0 Å². The van der Waals surface area contributed by atoms with Crippen molar-refractivity contribution in [1.29, 1.82) is 0 Å². The van der Waals surface area contributed by atoms with Crippen LogP contribution in [0.15, 0.2) is 0 Å². The van der Waals surface area contributed by atoms with Crippen LogP contribution in [0.2, 0.25) is 0 Å². The molecule has 0 aromatic carbocycles. The molecule has 0 aromatic rings. The van der Waals surface area contributed by atoms with Crippen LogP contribution in [-0.2, 0) is 28.6 Å². The summed E-state index contributed by atoms with van der Waals surface area (Å²) in [6, 6.07) is 0. The summed E-state index contributed by atoms with van der Waals surface area (Å²) in [5.74, 6) is -2.18. The van der Waals surface area contributed by atoms with Crippen molar-refractivity contribution in [3.63, 3.8) is 0 Å². The number of amides is 3. The SMILES string of the molecule is COCNC(=O)CC(O)(CC(=O)NCOC)C(=O)NCOC.